The van der Waals surface area contributed by atoms with Gasteiger partial charge in [-0.05, 0) is 30.7 Å². The molecule has 0 atom stereocenters. The first-order chi connectivity index (χ1) is 10.5. The molecule has 0 fully saturated rings. The largest absolute Gasteiger partial charge is 0.306 e. The maximum Gasteiger partial charge on any atom is 0.260 e. The van der Waals surface area contributed by atoms with Crippen molar-refractivity contribution in [3.05, 3.63) is 68.6 Å². The van der Waals surface area contributed by atoms with Crippen molar-refractivity contribution in [2.45, 2.75) is 13.5 Å². The van der Waals surface area contributed by atoms with Crippen molar-refractivity contribution >= 4 is 34.8 Å². The molecule has 0 spiro atoms. The van der Waals surface area contributed by atoms with Gasteiger partial charge in [0.05, 0.1) is 15.8 Å². The van der Waals surface area contributed by atoms with Gasteiger partial charge in [-0.3, -0.25) is 9.59 Å². The van der Waals surface area contributed by atoms with Crippen LogP contribution in [0.2, 0.25) is 10.0 Å². The van der Waals surface area contributed by atoms with Gasteiger partial charge in [-0.15, -0.1) is 0 Å². The fourth-order valence-corrected chi connectivity index (χ4v) is 2.01. The van der Waals surface area contributed by atoms with Crippen molar-refractivity contribution in [1.82, 2.24) is 9.99 Å². The summed E-state index contributed by atoms with van der Waals surface area (Å²) in [5, 5.41) is 4.85. The quantitative estimate of drug-likeness (QED) is 0.688. The Kier molecular flexibility index (Phi) is 5.35. The van der Waals surface area contributed by atoms with Crippen LogP contribution in [0.3, 0.4) is 0 Å². The van der Waals surface area contributed by atoms with Crippen LogP contribution in [-0.2, 0) is 11.3 Å². The number of rotatable bonds is 4. The molecule has 1 amide bonds. The van der Waals surface area contributed by atoms with E-state index in [1.807, 2.05) is 0 Å². The lowest BCUT2D eigenvalue weighted by molar-refractivity contribution is -0.121. The van der Waals surface area contributed by atoms with Crippen LogP contribution in [0.4, 0.5) is 0 Å². The Balaban J connectivity index is 2.04. The minimum Gasteiger partial charge on any atom is -0.306 e. The van der Waals surface area contributed by atoms with Crippen LogP contribution in [0.5, 0.6) is 0 Å². The van der Waals surface area contributed by atoms with E-state index in [4.69, 9.17) is 23.2 Å². The molecule has 0 bridgehead atoms. The van der Waals surface area contributed by atoms with Gasteiger partial charge in [0.25, 0.3) is 11.5 Å². The van der Waals surface area contributed by atoms with Crippen LogP contribution in [0, 0.1) is 0 Å². The second-order valence-electron chi connectivity index (χ2n) is 4.53. The first-order valence-corrected chi connectivity index (χ1v) is 7.17. The van der Waals surface area contributed by atoms with Crippen molar-refractivity contribution in [2.24, 2.45) is 5.10 Å². The molecule has 0 unspecified atom stereocenters. The van der Waals surface area contributed by atoms with Gasteiger partial charge in [0, 0.05) is 12.3 Å². The van der Waals surface area contributed by atoms with Crippen LogP contribution >= 0.6 is 23.2 Å². The van der Waals surface area contributed by atoms with E-state index in [0.717, 1.165) is 5.56 Å². The third-order valence-corrected chi connectivity index (χ3v) is 3.64. The molecule has 0 aliphatic heterocycles. The third-order valence-electron chi connectivity index (χ3n) is 2.90. The molecule has 0 saturated carbocycles. The topological polar surface area (TPSA) is 63.5 Å². The lowest BCUT2D eigenvalue weighted by Crippen LogP contribution is -2.29. The summed E-state index contributed by atoms with van der Waals surface area (Å²) < 4.78 is 1.29. The second kappa shape index (κ2) is 7.24. The van der Waals surface area contributed by atoms with E-state index in [9.17, 15) is 9.59 Å². The van der Waals surface area contributed by atoms with E-state index in [0.29, 0.717) is 15.8 Å². The number of benzene rings is 1. The zero-order chi connectivity index (χ0) is 16.1. The van der Waals surface area contributed by atoms with E-state index in [1.54, 1.807) is 37.3 Å². The number of amides is 1. The smallest absolute Gasteiger partial charge is 0.260 e. The molecule has 1 heterocycles. The average molecular weight is 338 g/mol. The molecule has 2 rings (SSSR count). The SMILES string of the molecule is C/C(=N/NC(=O)Cn1ccccc1=O)c1ccc(Cl)c(Cl)c1. The summed E-state index contributed by atoms with van der Waals surface area (Å²) >= 11 is 11.8. The molecule has 7 heteroatoms. The fraction of sp³-hybridized carbons (Fsp3) is 0.133. The zero-order valence-electron chi connectivity index (χ0n) is 11.7. The minimum atomic E-state index is -0.396. The van der Waals surface area contributed by atoms with Crippen LogP contribution < -0.4 is 11.0 Å². The molecule has 114 valence electrons. The number of nitrogens with one attached hydrogen (secondary N) is 1. The monoisotopic (exact) mass is 337 g/mol. The van der Waals surface area contributed by atoms with Gasteiger partial charge in [0.1, 0.15) is 6.54 Å². The summed E-state index contributed by atoms with van der Waals surface area (Å²) in [5.41, 5.74) is 3.47. The third kappa shape index (κ3) is 4.19. The molecular formula is C15H13Cl2N3O2. The Morgan fingerprint density at radius 2 is 2.00 bits per heavy atom. The number of pyridine rings is 1. The Morgan fingerprint density at radius 1 is 1.23 bits per heavy atom. The van der Waals surface area contributed by atoms with Crippen molar-refractivity contribution in [3.8, 4) is 0 Å². The first-order valence-electron chi connectivity index (χ1n) is 6.41. The van der Waals surface area contributed by atoms with Crippen molar-refractivity contribution < 1.29 is 4.79 Å². The maximum absolute atomic E-state index is 11.8. The second-order valence-corrected chi connectivity index (χ2v) is 5.34. The predicted octanol–water partition coefficient (Wildman–Crippen LogP) is 2.70. The van der Waals surface area contributed by atoms with E-state index in [2.05, 4.69) is 10.5 Å². The van der Waals surface area contributed by atoms with Crippen LogP contribution in [-0.4, -0.2) is 16.2 Å². The number of nitrogens with zero attached hydrogens (tertiary/aromatic N) is 2. The molecular weight excluding hydrogens is 325 g/mol. The van der Waals surface area contributed by atoms with E-state index < -0.39 is 5.91 Å². The Morgan fingerprint density at radius 3 is 2.68 bits per heavy atom. The molecule has 0 aliphatic carbocycles. The van der Waals surface area contributed by atoms with Gasteiger partial charge in [-0.1, -0.05) is 35.3 Å². The highest BCUT2D eigenvalue weighted by Crippen LogP contribution is 2.22. The highest BCUT2D eigenvalue weighted by molar-refractivity contribution is 6.42. The molecule has 1 aromatic carbocycles. The van der Waals surface area contributed by atoms with Gasteiger partial charge in [0.2, 0.25) is 0 Å². The number of aromatic nitrogens is 1. The Labute approximate surface area is 137 Å². The highest BCUT2D eigenvalue weighted by atomic mass is 35.5. The molecule has 22 heavy (non-hydrogen) atoms. The number of hydrogen-bond donors (Lipinski definition) is 1. The number of carbonyl (C=O) groups excluding carboxylic acids is 1. The molecule has 0 radical (unpaired) electrons. The average Bonchev–Trinajstić information content (AvgIpc) is 2.50. The first kappa shape index (κ1) is 16.3. The van der Waals surface area contributed by atoms with Crippen LogP contribution in [0.25, 0.3) is 0 Å². The summed E-state index contributed by atoms with van der Waals surface area (Å²) in [4.78, 5) is 23.3. The number of carbonyl (C=O) groups is 1. The van der Waals surface area contributed by atoms with Gasteiger partial charge >= 0.3 is 0 Å². The van der Waals surface area contributed by atoms with Gasteiger partial charge < -0.3 is 4.57 Å². The maximum atomic E-state index is 11.8. The van der Waals surface area contributed by atoms with Crippen molar-refractivity contribution in [3.63, 3.8) is 0 Å². The molecule has 0 saturated heterocycles. The minimum absolute atomic E-state index is 0.0994. The lowest BCUT2D eigenvalue weighted by Gasteiger charge is -2.05. The summed E-state index contributed by atoms with van der Waals surface area (Å²) in [6.07, 6.45) is 1.54. The van der Waals surface area contributed by atoms with Crippen molar-refractivity contribution in [2.75, 3.05) is 0 Å². The normalized spacial score (nSPS) is 11.3. The Hall–Kier alpha value is -2.11. The zero-order valence-corrected chi connectivity index (χ0v) is 13.2. The Bertz CT molecular complexity index is 784. The van der Waals surface area contributed by atoms with Crippen LogP contribution in [0.15, 0.2) is 52.5 Å². The van der Waals surface area contributed by atoms with Crippen LogP contribution in [0.1, 0.15) is 12.5 Å². The molecule has 1 N–H and O–H groups in total. The highest BCUT2D eigenvalue weighted by Gasteiger charge is 2.05. The number of hydrazone groups is 1. The summed E-state index contributed by atoms with van der Waals surface area (Å²) in [5.74, 6) is -0.396. The van der Waals surface area contributed by atoms with E-state index in [-0.39, 0.29) is 12.1 Å². The van der Waals surface area contributed by atoms with Gasteiger partial charge in [0.15, 0.2) is 0 Å². The summed E-state index contributed by atoms with van der Waals surface area (Å²) in [7, 11) is 0. The summed E-state index contributed by atoms with van der Waals surface area (Å²) in [6, 6.07) is 9.75. The molecule has 2 aromatic rings. The van der Waals surface area contributed by atoms with E-state index in [1.165, 1.54) is 16.8 Å². The fourth-order valence-electron chi connectivity index (χ4n) is 1.71. The molecule has 1 aromatic heterocycles. The lowest BCUT2D eigenvalue weighted by atomic mass is 10.1. The van der Waals surface area contributed by atoms with Gasteiger partial charge in [-0.25, -0.2) is 5.43 Å². The van der Waals surface area contributed by atoms with Gasteiger partial charge in [-0.2, -0.15) is 5.10 Å². The summed E-state index contributed by atoms with van der Waals surface area (Å²) in [6.45, 7) is 1.63. The van der Waals surface area contributed by atoms with Crippen molar-refractivity contribution in [1.29, 1.82) is 0 Å². The van der Waals surface area contributed by atoms with E-state index >= 15 is 0 Å². The molecule has 5 nitrogen and oxygen atoms in total. The predicted molar refractivity (Wildman–Crippen MR) is 87.5 cm³/mol. The number of hydrogen-bond acceptors (Lipinski definition) is 3. The molecule has 0 aliphatic rings. The standard InChI is InChI=1S/C15H13Cl2N3O2/c1-10(11-5-6-12(16)13(17)8-11)18-19-14(21)9-20-7-3-2-4-15(20)22/h2-8H,9H2,1H3,(H,19,21)/b18-10-. The number of halogens is 2.